The number of ether oxygens (including phenoxy) is 1. The molecule has 172 valence electrons. The maximum atomic E-state index is 14.1. The number of aromatic nitrogens is 3. The molecule has 0 radical (unpaired) electrons. The van der Waals surface area contributed by atoms with Gasteiger partial charge in [-0.2, -0.15) is 18.3 Å². The highest BCUT2D eigenvalue weighted by Gasteiger charge is 2.28. The first kappa shape index (κ1) is 23.9. The molecule has 1 atom stereocenters. The number of hydrogen-bond donors (Lipinski definition) is 3. The Kier molecular flexibility index (Phi) is 6.82. The van der Waals surface area contributed by atoms with Gasteiger partial charge in [0, 0.05) is 17.6 Å². The summed E-state index contributed by atoms with van der Waals surface area (Å²) in [6, 6.07) is 3.92. The molecule has 1 unspecified atom stereocenters. The molecule has 0 spiro atoms. The van der Waals surface area contributed by atoms with Crippen molar-refractivity contribution in [2.45, 2.75) is 13.1 Å². The number of rotatable bonds is 6. The van der Waals surface area contributed by atoms with E-state index in [-0.39, 0.29) is 28.1 Å². The first-order valence-electron chi connectivity index (χ1n) is 9.07. The van der Waals surface area contributed by atoms with E-state index in [1.54, 1.807) is 6.92 Å². The molecule has 3 aromatic rings. The van der Waals surface area contributed by atoms with Gasteiger partial charge in [0.05, 0.1) is 16.6 Å². The quantitative estimate of drug-likeness (QED) is 0.163. The van der Waals surface area contributed by atoms with Gasteiger partial charge in [0.2, 0.25) is 0 Å². The van der Waals surface area contributed by atoms with Crippen LogP contribution in [0, 0.1) is 18.3 Å². The number of fused-ring (bicyclic) bond motifs is 1. The highest BCUT2D eigenvalue weighted by molar-refractivity contribution is 7.29. The normalized spacial score (nSPS) is 12.8. The number of benzene rings is 1. The summed E-state index contributed by atoms with van der Waals surface area (Å²) in [5, 5.41) is 3.82. The Balaban J connectivity index is 2.22. The van der Waals surface area contributed by atoms with Crippen molar-refractivity contribution >= 4 is 42.7 Å². The summed E-state index contributed by atoms with van der Waals surface area (Å²) < 4.78 is 56.0. The second-order valence-electron chi connectivity index (χ2n) is 6.63. The molecule has 0 saturated carbocycles. The van der Waals surface area contributed by atoms with E-state index in [0.717, 1.165) is 12.1 Å². The largest absolute Gasteiger partial charge is 0.470 e. The molecule has 0 aliphatic carbocycles. The fourth-order valence-corrected chi connectivity index (χ4v) is 3.19. The number of nitrogens with two attached hydrogens (primary N) is 1. The van der Waals surface area contributed by atoms with Crippen LogP contribution in [0.25, 0.3) is 10.9 Å². The van der Waals surface area contributed by atoms with Gasteiger partial charge in [-0.1, -0.05) is 0 Å². The van der Waals surface area contributed by atoms with Crippen LogP contribution in [-0.2, 0) is 4.74 Å². The number of aliphatic imine (C=N–C) groups is 1. The molecule has 2 heterocycles. The van der Waals surface area contributed by atoms with E-state index in [1.807, 2.05) is 0 Å². The van der Waals surface area contributed by atoms with Gasteiger partial charge in [-0.25, -0.2) is 24.9 Å². The third-order valence-electron chi connectivity index (χ3n) is 4.20. The van der Waals surface area contributed by atoms with Gasteiger partial charge in [-0.3, -0.25) is 4.79 Å². The van der Waals surface area contributed by atoms with Gasteiger partial charge in [-0.05, 0) is 30.7 Å². The molecule has 0 aliphatic heterocycles. The monoisotopic (exact) mass is 481 g/mol. The van der Waals surface area contributed by atoms with E-state index in [1.165, 1.54) is 18.3 Å². The Bertz CT molecular complexity index is 1350. The highest BCUT2D eigenvalue weighted by atomic mass is 31.0. The fraction of sp³-hybridized carbons (Fsp3) is 0.158. The van der Waals surface area contributed by atoms with E-state index in [9.17, 15) is 22.4 Å². The molecule has 14 heteroatoms. The maximum absolute atomic E-state index is 14.1. The minimum Gasteiger partial charge on any atom is -0.470 e. The number of aromatic amines is 1. The van der Waals surface area contributed by atoms with Crippen molar-refractivity contribution in [1.29, 1.82) is 5.53 Å². The summed E-state index contributed by atoms with van der Waals surface area (Å²) in [7, 11) is 2.31. The number of hydrogen-bond acceptors (Lipinski definition) is 8. The van der Waals surface area contributed by atoms with Crippen molar-refractivity contribution in [2.75, 3.05) is 6.61 Å². The minimum absolute atomic E-state index is 0.128. The van der Waals surface area contributed by atoms with Crippen LogP contribution in [0.5, 0.6) is 0 Å². The molecule has 4 N–H and O–H groups in total. The molecule has 0 fully saturated rings. The van der Waals surface area contributed by atoms with Crippen molar-refractivity contribution in [3.63, 3.8) is 0 Å². The van der Waals surface area contributed by atoms with Crippen molar-refractivity contribution in [3.05, 3.63) is 63.9 Å². The van der Waals surface area contributed by atoms with Gasteiger partial charge in [0.1, 0.15) is 5.71 Å². The highest BCUT2D eigenvalue weighted by Crippen LogP contribution is 2.23. The van der Waals surface area contributed by atoms with Crippen LogP contribution >= 0.6 is 9.24 Å². The van der Waals surface area contributed by atoms with Gasteiger partial charge < -0.3 is 15.5 Å². The number of alkyl halides is 3. The molecule has 0 aliphatic rings. The molecule has 0 amide bonds. The van der Waals surface area contributed by atoms with Gasteiger partial charge in [-0.15, -0.1) is 9.24 Å². The lowest BCUT2D eigenvalue weighted by atomic mass is 10.1. The first-order valence-corrected chi connectivity index (χ1v) is 9.64. The SMILES string of the molecule is Cc1cc(N=N)c(P)c2c(=O)[nH]c(C(/C=C(\N)OCC(F)(F)F)=N\c3ncccc3F)nc12. The molecule has 3 rings (SSSR count). The Morgan fingerprint density at radius 1 is 1.42 bits per heavy atom. The average Bonchev–Trinajstić information content (AvgIpc) is 2.74. The summed E-state index contributed by atoms with van der Waals surface area (Å²) >= 11 is 0. The molecular formula is C19H16F4N7O2P. The molecule has 9 nitrogen and oxygen atoms in total. The lowest BCUT2D eigenvalue weighted by Gasteiger charge is -2.11. The zero-order valence-corrected chi connectivity index (χ0v) is 18.0. The predicted octanol–water partition coefficient (Wildman–Crippen LogP) is 3.43. The lowest BCUT2D eigenvalue weighted by molar-refractivity contribution is -0.165. The first-order chi connectivity index (χ1) is 15.5. The van der Waals surface area contributed by atoms with Crippen molar-refractivity contribution in [1.82, 2.24) is 15.0 Å². The molecular weight excluding hydrogens is 465 g/mol. The molecule has 33 heavy (non-hydrogen) atoms. The summed E-state index contributed by atoms with van der Waals surface area (Å²) in [6.07, 6.45) is -2.53. The van der Waals surface area contributed by atoms with E-state index < -0.39 is 35.9 Å². The van der Waals surface area contributed by atoms with Crippen LogP contribution in [0.15, 0.2) is 51.3 Å². The van der Waals surface area contributed by atoms with Crippen LogP contribution in [-0.4, -0.2) is 33.4 Å². The van der Waals surface area contributed by atoms with E-state index in [0.29, 0.717) is 10.9 Å². The average molecular weight is 481 g/mol. The van der Waals surface area contributed by atoms with E-state index in [4.69, 9.17) is 11.3 Å². The van der Waals surface area contributed by atoms with Crippen molar-refractivity contribution < 1.29 is 22.3 Å². The van der Waals surface area contributed by atoms with Crippen LogP contribution in [0.1, 0.15) is 11.4 Å². The van der Waals surface area contributed by atoms with Crippen LogP contribution in [0.3, 0.4) is 0 Å². The molecule has 1 aromatic carbocycles. The minimum atomic E-state index is -4.65. The van der Waals surface area contributed by atoms with Gasteiger partial charge in [0.25, 0.3) is 5.56 Å². The predicted molar refractivity (Wildman–Crippen MR) is 116 cm³/mol. The molecule has 0 saturated heterocycles. The smallest absolute Gasteiger partial charge is 0.422 e. The number of H-pyrrole nitrogens is 1. The zero-order valence-electron chi connectivity index (χ0n) is 16.9. The third kappa shape index (κ3) is 5.55. The van der Waals surface area contributed by atoms with E-state index in [2.05, 4.69) is 39.0 Å². The number of nitrogens with one attached hydrogen (secondary N) is 2. The van der Waals surface area contributed by atoms with Crippen LogP contribution in [0.2, 0.25) is 0 Å². The Labute approximate surface area is 185 Å². The maximum Gasteiger partial charge on any atom is 0.422 e. The lowest BCUT2D eigenvalue weighted by Crippen LogP contribution is -2.22. The Hall–Kier alpha value is -3.73. The molecule has 0 bridgehead atoms. The standard InChI is InChI=1S/C19H16F4N7O2P/c1-8-5-10(30-25)15(33)13-14(8)28-17(29-18(13)31)11(6-12(24)32-7-19(21,22)23)27-16-9(20)3-2-4-26-16/h2-6,25H,7,24,33H2,1H3,(H,28,29,31)/b12-6+,27-11-,30-25?. The topological polar surface area (TPSA) is 142 Å². The molecule has 2 aromatic heterocycles. The van der Waals surface area contributed by atoms with Crippen LogP contribution in [0.4, 0.5) is 29.1 Å². The van der Waals surface area contributed by atoms with E-state index >= 15 is 0 Å². The zero-order chi connectivity index (χ0) is 24.3. The number of allylic oxidation sites excluding steroid dienone is 1. The van der Waals surface area contributed by atoms with Gasteiger partial charge >= 0.3 is 6.18 Å². The second kappa shape index (κ2) is 9.41. The number of halogens is 4. The number of nitrogens with zero attached hydrogens (tertiary/aromatic N) is 4. The number of pyridine rings is 1. The summed E-state index contributed by atoms with van der Waals surface area (Å²) in [4.78, 5) is 27.3. The summed E-state index contributed by atoms with van der Waals surface area (Å²) in [6.45, 7) is -0.0413. The second-order valence-corrected chi connectivity index (χ2v) is 7.21. The van der Waals surface area contributed by atoms with Gasteiger partial charge in [0.15, 0.2) is 29.9 Å². The number of aryl methyl sites for hydroxylation is 1. The Morgan fingerprint density at radius 3 is 2.79 bits per heavy atom. The third-order valence-corrected chi connectivity index (χ3v) is 4.79. The Morgan fingerprint density at radius 2 is 2.15 bits per heavy atom. The summed E-state index contributed by atoms with van der Waals surface area (Å²) in [5.41, 5.74) is 12.8. The van der Waals surface area contributed by atoms with Crippen molar-refractivity contribution in [3.8, 4) is 0 Å². The fourth-order valence-electron chi connectivity index (χ4n) is 2.77. The summed E-state index contributed by atoms with van der Waals surface area (Å²) in [5.74, 6) is -2.16. The van der Waals surface area contributed by atoms with Crippen molar-refractivity contribution in [2.24, 2.45) is 15.8 Å². The van der Waals surface area contributed by atoms with Crippen LogP contribution < -0.4 is 16.6 Å².